The Kier molecular flexibility index (Phi) is 5.23. The molecule has 0 saturated carbocycles. The van der Waals surface area contributed by atoms with Crippen molar-refractivity contribution in [1.29, 1.82) is 0 Å². The molecule has 3 heterocycles. The first-order chi connectivity index (χ1) is 15.4. The average Bonchev–Trinajstić information content (AvgIpc) is 3.16. The van der Waals surface area contributed by atoms with Crippen molar-refractivity contribution in [2.24, 2.45) is 0 Å². The minimum atomic E-state index is -0.867. The van der Waals surface area contributed by atoms with Gasteiger partial charge >= 0.3 is 0 Å². The molecular formula is C24H26FN3O4. The van der Waals surface area contributed by atoms with E-state index in [1.165, 1.54) is 11.0 Å². The zero-order valence-electron chi connectivity index (χ0n) is 17.9. The number of halogens is 1. The van der Waals surface area contributed by atoms with E-state index in [0.29, 0.717) is 43.9 Å². The molecule has 2 aromatic rings. The van der Waals surface area contributed by atoms with Crippen LogP contribution in [0.25, 0.3) is 0 Å². The van der Waals surface area contributed by atoms with Gasteiger partial charge in [0, 0.05) is 31.7 Å². The zero-order chi connectivity index (χ0) is 22.5. The Balaban J connectivity index is 1.38. The lowest BCUT2D eigenvalue weighted by Gasteiger charge is -2.58. The van der Waals surface area contributed by atoms with Gasteiger partial charge in [0.1, 0.15) is 17.1 Å². The number of likely N-dealkylation sites (tertiary alicyclic amines) is 1. The van der Waals surface area contributed by atoms with Gasteiger partial charge in [-0.15, -0.1) is 0 Å². The summed E-state index contributed by atoms with van der Waals surface area (Å²) >= 11 is 0. The number of nitrogens with zero attached hydrogens (tertiary/aromatic N) is 3. The molecule has 168 valence electrons. The van der Waals surface area contributed by atoms with Crippen molar-refractivity contribution in [1.82, 2.24) is 14.7 Å². The van der Waals surface area contributed by atoms with Gasteiger partial charge in [-0.2, -0.15) is 0 Å². The number of amides is 2. The largest absolute Gasteiger partial charge is 0.497 e. The predicted octanol–water partition coefficient (Wildman–Crippen LogP) is 1.39. The van der Waals surface area contributed by atoms with E-state index < -0.39 is 17.7 Å². The van der Waals surface area contributed by atoms with Gasteiger partial charge in [0.05, 0.1) is 25.8 Å². The van der Waals surface area contributed by atoms with Crippen molar-refractivity contribution < 1.29 is 23.8 Å². The maximum Gasteiger partial charge on any atom is 0.252 e. The number of benzene rings is 2. The minimum Gasteiger partial charge on any atom is -0.497 e. The van der Waals surface area contributed by atoms with Crippen LogP contribution in [0, 0.1) is 5.82 Å². The molecule has 1 spiro atoms. The second-order valence-electron chi connectivity index (χ2n) is 8.90. The van der Waals surface area contributed by atoms with E-state index in [1.807, 2.05) is 21.9 Å². The zero-order valence-corrected chi connectivity index (χ0v) is 17.9. The molecule has 2 atom stereocenters. The molecule has 0 aliphatic carbocycles. The second-order valence-corrected chi connectivity index (χ2v) is 8.90. The van der Waals surface area contributed by atoms with Gasteiger partial charge in [0.15, 0.2) is 0 Å². The minimum absolute atomic E-state index is 0.178. The van der Waals surface area contributed by atoms with E-state index in [9.17, 15) is 19.1 Å². The number of piperazine rings is 1. The van der Waals surface area contributed by atoms with Crippen LogP contribution >= 0.6 is 0 Å². The van der Waals surface area contributed by atoms with Crippen LogP contribution in [-0.4, -0.2) is 76.0 Å². The first-order valence-corrected chi connectivity index (χ1v) is 10.8. The Hall–Kier alpha value is -2.81. The van der Waals surface area contributed by atoms with Gasteiger partial charge in [-0.05, 0) is 30.2 Å². The highest BCUT2D eigenvalue weighted by molar-refractivity contribution is 6.06. The molecule has 7 nitrogen and oxygen atoms in total. The molecule has 0 bridgehead atoms. The fraction of sp³-hybridized carbons (Fsp3) is 0.417. The molecule has 3 saturated heterocycles. The standard InChI is InChI=1S/C24H26FN3O4/c1-32-19-8-6-16(7-9-19)11-27-22(30)21-10-18(29)13-28(21)24(23(27)31)14-26(15-24)12-17-4-2-3-5-20(17)25/h2-9,18,21,29H,10-15H2,1H3. The number of fused-ring (bicyclic) bond motifs is 2. The molecule has 2 unspecified atom stereocenters. The number of rotatable bonds is 5. The highest BCUT2D eigenvalue weighted by Gasteiger charge is 2.64. The van der Waals surface area contributed by atoms with Crippen LogP contribution in [0.1, 0.15) is 17.5 Å². The number of aliphatic hydroxyl groups excluding tert-OH is 1. The van der Waals surface area contributed by atoms with Crippen molar-refractivity contribution in [2.45, 2.75) is 37.2 Å². The number of carbonyl (C=O) groups excluding carboxylic acids is 2. The number of hydrogen-bond acceptors (Lipinski definition) is 6. The van der Waals surface area contributed by atoms with E-state index in [4.69, 9.17) is 4.74 Å². The predicted molar refractivity (Wildman–Crippen MR) is 114 cm³/mol. The van der Waals surface area contributed by atoms with Crippen LogP contribution < -0.4 is 4.74 Å². The molecular weight excluding hydrogens is 413 g/mol. The van der Waals surface area contributed by atoms with Gasteiger partial charge in [-0.1, -0.05) is 30.3 Å². The second kappa shape index (κ2) is 7.95. The van der Waals surface area contributed by atoms with Crippen molar-refractivity contribution in [3.05, 3.63) is 65.5 Å². The highest BCUT2D eigenvalue weighted by Crippen LogP contribution is 2.41. The molecule has 2 amide bonds. The summed E-state index contributed by atoms with van der Waals surface area (Å²) in [7, 11) is 1.58. The van der Waals surface area contributed by atoms with Crippen molar-refractivity contribution in [3.8, 4) is 5.75 Å². The van der Waals surface area contributed by atoms with Gasteiger partial charge < -0.3 is 9.84 Å². The van der Waals surface area contributed by atoms with Gasteiger partial charge in [0.2, 0.25) is 5.91 Å². The maximum atomic E-state index is 14.1. The third-order valence-corrected chi connectivity index (χ3v) is 6.85. The Morgan fingerprint density at radius 2 is 1.81 bits per heavy atom. The lowest BCUT2D eigenvalue weighted by molar-refractivity contribution is -0.181. The van der Waals surface area contributed by atoms with Crippen LogP contribution in [0.2, 0.25) is 0 Å². The summed E-state index contributed by atoms with van der Waals surface area (Å²) in [5.74, 6) is -0.0717. The van der Waals surface area contributed by atoms with Crippen LogP contribution in [0.3, 0.4) is 0 Å². The molecule has 2 aromatic carbocycles. The highest BCUT2D eigenvalue weighted by atomic mass is 19.1. The van der Waals surface area contributed by atoms with Crippen molar-refractivity contribution in [2.75, 3.05) is 26.7 Å². The van der Waals surface area contributed by atoms with Gasteiger partial charge in [-0.3, -0.25) is 24.3 Å². The summed E-state index contributed by atoms with van der Waals surface area (Å²) in [5.41, 5.74) is 0.542. The smallest absolute Gasteiger partial charge is 0.252 e. The third-order valence-electron chi connectivity index (χ3n) is 6.85. The maximum absolute atomic E-state index is 14.1. The van der Waals surface area contributed by atoms with Crippen LogP contribution in [0.5, 0.6) is 5.75 Å². The first kappa shape index (κ1) is 21.1. The number of aliphatic hydroxyl groups is 1. The quantitative estimate of drug-likeness (QED) is 0.710. The number of β-amino-alcohol motifs (C(OH)–C–C–N with tert-alkyl or cyclic N) is 1. The molecule has 3 fully saturated rings. The lowest BCUT2D eigenvalue weighted by atomic mass is 9.82. The number of methoxy groups -OCH3 is 1. The first-order valence-electron chi connectivity index (χ1n) is 10.8. The molecule has 1 N–H and O–H groups in total. The van der Waals surface area contributed by atoms with E-state index in [1.54, 1.807) is 37.4 Å². The topological polar surface area (TPSA) is 73.3 Å². The SMILES string of the molecule is COc1ccc(CN2C(=O)C3CC(O)CN3C3(CN(Cc4ccccc4F)C3)C2=O)cc1. The van der Waals surface area contributed by atoms with Crippen LogP contribution in [0.15, 0.2) is 48.5 Å². The van der Waals surface area contributed by atoms with Crippen molar-refractivity contribution >= 4 is 11.8 Å². The molecule has 3 aliphatic rings. The number of imide groups is 1. The van der Waals surface area contributed by atoms with E-state index >= 15 is 0 Å². The summed E-state index contributed by atoms with van der Waals surface area (Å²) in [6, 6.07) is 13.4. The number of hydrogen-bond donors (Lipinski definition) is 1. The Bertz CT molecular complexity index is 1040. The fourth-order valence-electron chi connectivity index (χ4n) is 5.23. The van der Waals surface area contributed by atoms with Crippen LogP contribution in [-0.2, 0) is 22.7 Å². The molecule has 32 heavy (non-hydrogen) atoms. The van der Waals surface area contributed by atoms with Gasteiger partial charge in [0.25, 0.3) is 5.91 Å². The molecule has 3 aliphatic heterocycles. The summed E-state index contributed by atoms with van der Waals surface area (Å²) in [6.07, 6.45) is -0.324. The van der Waals surface area contributed by atoms with Gasteiger partial charge in [-0.25, -0.2) is 4.39 Å². The third kappa shape index (κ3) is 3.39. The summed E-state index contributed by atoms with van der Waals surface area (Å²) < 4.78 is 19.3. The van der Waals surface area contributed by atoms with E-state index in [0.717, 1.165) is 5.56 Å². The summed E-state index contributed by atoms with van der Waals surface area (Å²) in [4.78, 5) is 32.1. The number of ether oxygens (including phenoxy) is 1. The molecule has 0 aromatic heterocycles. The Labute approximate surface area is 186 Å². The van der Waals surface area contributed by atoms with E-state index in [-0.39, 0.29) is 24.2 Å². The van der Waals surface area contributed by atoms with E-state index in [2.05, 4.69) is 0 Å². The summed E-state index contributed by atoms with van der Waals surface area (Å²) in [6.45, 7) is 1.67. The van der Waals surface area contributed by atoms with Crippen LogP contribution in [0.4, 0.5) is 4.39 Å². The fourth-order valence-corrected chi connectivity index (χ4v) is 5.23. The average molecular weight is 439 g/mol. The Morgan fingerprint density at radius 1 is 1.09 bits per heavy atom. The monoisotopic (exact) mass is 439 g/mol. The molecule has 8 heteroatoms. The molecule has 0 radical (unpaired) electrons. The lowest BCUT2D eigenvalue weighted by Crippen LogP contribution is -2.81. The Morgan fingerprint density at radius 3 is 2.50 bits per heavy atom. The summed E-state index contributed by atoms with van der Waals surface area (Å²) in [5, 5.41) is 10.3. The molecule has 5 rings (SSSR count). The normalized spacial score (nSPS) is 25.2. The van der Waals surface area contributed by atoms with Crippen molar-refractivity contribution in [3.63, 3.8) is 0 Å². The number of carbonyl (C=O) groups is 2.